The fourth-order valence-electron chi connectivity index (χ4n) is 3.37. The van der Waals surface area contributed by atoms with E-state index in [1.54, 1.807) is 4.90 Å². The molecular formula is C14H13ClN2O2. The third-order valence-electron chi connectivity index (χ3n) is 4.27. The molecule has 5 heteroatoms. The summed E-state index contributed by atoms with van der Waals surface area (Å²) >= 11 is 6.26. The minimum atomic E-state index is -1.05. The van der Waals surface area contributed by atoms with Gasteiger partial charge in [0.05, 0.1) is 12.6 Å². The maximum atomic E-state index is 12.8. The van der Waals surface area contributed by atoms with Crippen molar-refractivity contribution in [2.24, 2.45) is 10.9 Å². The highest BCUT2D eigenvalue weighted by Crippen LogP contribution is 2.48. The molecule has 3 atom stereocenters. The van der Waals surface area contributed by atoms with Crippen LogP contribution in [0.5, 0.6) is 0 Å². The van der Waals surface area contributed by atoms with Crippen LogP contribution in [0.4, 0.5) is 5.69 Å². The summed E-state index contributed by atoms with van der Waals surface area (Å²) in [6, 6.07) is 9.47. The summed E-state index contributed by atoms with van der Waals surface area (Å²) in [6.45, 7) is 0.583. The van der Waals surface area contributed by atoms with Gasteiger partial charge in [-0.25, -0.2) is 4.99 Å². The molecule has 2 fully saturated rings. The highest BCUT2D eigenvalue weighted by atomic mass is 35.5. The first kappa shape index (κ1) is 11.4. The van der Waals surface area contributed by atoms with Gasteiger partial charge in [-0.1, -0.05) is 29.8 Å². The number of benzene rings is 1. The van der Waals surface area contributed by atoms with Crippen LogP contribution >= 0.6 is 11.6 Å². The number of fused-ring (bicyclic) bond motifs is 1. The second-order valence-electron chi connectivity index (χ2n) is 5.23. The summed E-state index contributed by atoms with van der Waals surface area (Å²) in [4.78, 5) is 18.9. The summed E-state index contributed by atoms with van der Waals surface area (Å²) in [7, 11) is 0. The lowest BCUT2D eigenvalue weighted by molar-refractivity contribution is -0.146. The van der Waals surface area contributed by atoms with E-state index in [0.29, 0.717) is 11.8 Å². The van der Waals surface area contributed by atoms with Crippen molar-refractivity contribution in [3.05, 3.63) is 30.3 Å². The number of rotatable bonds is 1. The largest absolute Gasteiger partial charge is 0.346 e. The van der Waals surface area contributed by atoms with E-state index in [1.807, 2.05) is 30.3 Å². The highest BCUT2D eigenvalue weighted by Gasteiger charge is 2.62. The third-order valence-corrected chi connectivity index (χ3v) is 4.61. The lowest BCUT2D eigenvalue weighted by Gasteiger charge is -2.48. The van der Waals surface area contributed by atoms with Gasteiger partial charge in [0, 0.05) is 11.6 Å². The first-order valence-corrected chi connectivity index (χ1v) is 6.88. The monoisotopic (exact) mass is 276 g/mol. The molecule has 4 heterocycles. The summed E-state index contributed by atoms with van der Waals surface area (Å²) in [5.41, 5.74) is -0.194. The molecular weight excluding hydrogens is 264 g/mol. The maximum absolute atomic E-state index is 12.8. The number of carbonyl (C=O) groups excluding carboxylic acids is 1. The molecule has 1 aromatic rings. The van der Waals surface area contributed by atoms with Crippen molar-refractivity contribution in [3.63, 3.8) is 0 Å². The Morgan fingerprint density at radius 1 is 1.37 bits per heavy atom. The van der Waals surface area contributed by atoms with Crippen LogP contribution in [0.15, 0.2) is 35.3 Å². The maximum Gasteiger partial charge on any atom is 0.283 e. The molecule has 0 N–H and O–H groups in total. The van der Waals surface area contributed by atoms with Crippen LogP contribution < -0.4 is 4.90 Å². The molecule has 2 saturated heterocycles. The lowest BCUT2D eigenvalue weighted by atomic mass is 9.80. The number of halogens is 1. The van der Waals surface area contributed by atoms with E-state index in [0.717, 1.165) is 18.5 Å². The van der Waals surface area contributed by atoms with Crippen molar-refractivity contribution in [1.82, 2.24) is 0 Å². The topological polar surface area (TPSA) is 41.9 Å². The number of nitrogens with zero attached hydrogens (tertiary/aromatic N) is 2. The van der Waals surface area contributed by atoms with Crippen LogP contribution in [0.3, 0.4) is 0 Å². The molecule has 1 spiro atoms. The predicted octanol–water partition coefficient (Wildman–Crippen LogP) is 2.18. The van der Waals surface area contributed by atoms with Gasteiger partial charge in [-0.15, -0.1) is 0 Å². The Labute approximate surface area is 116 Å². The molecule has 2 bridgehead atoms. The smallest absolute Gasteiger partial charge is 0.283 e. The van der Waals surface area contributed by atoms with Crippen molar-refractivity contribution in [2.45, 2.75) is 24.6 Å². The molecule has 0 unspecified atom stereocenters. The summed E-state index contributed by atoms with van der Waals surface area (Å²) in [5.74, 6) is 0.106. The number of amides is 1. The lowest BCUT2D eigenvalue weighted by Crippen LogP contribution is -2.66. The Morgan fingerprint density at radius 2 is 2.16 bits per heavy atom. The first-order chi connectivity index (χ1) is 9.22. The number of aliphatic imine (C=N–C) groups is 1. The van der Waals surface area contributed by atoms with Crippen LogP contribution in [-0.4, -0.2) is 29.5 Å². The quantitative estimate of drug-likeness (QED) is 0.789. The zero-order valence-corrected chi connectivity index (χ0v) is 11.0. The SMILES string of the molecule is O=C1N(c2ccccc2)[C@@H]2C[C@H]3CCO[C@]13N=C2Cl. The highest BCUT2D eigenvalue weighted by molar-refractivity contribution is 6.67. The Hall–Kier alpha value is -1.39. The minimum absolute atomic E-state index is 0.0677. The normalized spacial score (nSPS) is 36.4. The molecule has 4 nitrogen and oxygen atoms in total. The van der Waals surface area contributed by atoms with E-state index in [9.17, 15) is 4.79 Å². The van der Waals surface area contributed by atoms with Crippen molar-refractivity contribution in [2.75, 3.05) is 11.5 Å². The molecule has 19 heavy (non-hydrogen) atoms. The third kappa shape index (κ3) is 1.38. The van der Waals surface area contributed by atoms with Gasteiger partial charge in [0.15, 0.2) is 0 Å². The van der Waals surface area contributed by atoms with E-state index in [-0.39, 0.29) is 17.9 Å². The van der Waals surface area contributed by atoms with E-state index in [2.05, 4.69) is 4.99 Å². The van der Waals surface area contributed by atoms with Crippen LogP contribution in [-0.2, 0) is 9.53 Å². The number of hydrogen-bond donors (Lipinski definition) is 0. The second-order valence-corrected chi connectivity index (χ2v) is 5.61. The Morgan fingerprint density at radius 3 is 2.95 bits per heavy atom. The summed E-state index contributed by atoms with van der Waals surface area (Å²) in [5, 5.41) is 0.488. The van der Waals surface area contributed by atoms with E-state index < -0.39 is 5.72 Å². The van der Waals surface area contributed by atoms with Gasteiger partial charge in [0.2, 0.25) is 5.72 Å². The number of piperidine rings is 1. The number of hydrogen-bond acceptors (Lipinski definition) is 3. The molecule has 4 aliphatic heterocycles. The van der Waals surface area contributed by atoms with Crippen LogP contribution in [0.25, 0.3) is 0 Å². The Bertz CT molecular complexity index is 574. The molecule has 1 aromatic carbocycles. The molecule has 98 valence electrons. The molecule has 0 aromatic heterocycles. The molecule has 5 rings (SSSR count). The van der Waals surface area contributed by atoms with Gasteiger partial charge in [-0.3, -0.25) is 9.69 Å². The average Bonchev–Trinajstić information content (AvgIpc) is 2.84. The molecule has 1 amide bonds. The second kappa shape index (κ2) is 3.81. The van der Waals surface area contributed by atoms with Crippen molar-refractivity contribution < 1.29 is 9.53 Å². The summed E-state index contributed by atoms with van der Waals surface area (Å²) in [6.07, 6.45) is 1.72. The number of anilines is 1. The standard InChI is InChI=1S/C14H13ClN2O2/c15-12-11-8-9-6-7-19-14(9,16-12)13(18)17(11)10-4-2-1-3-5-10/h1-5,9,11H,6-8H2/t9-,11-,14+/m1/s1. The van der Waals surface area contributed by atoms with Crippen LogP contribution in [0, 0.1) is 5.92 Å². The van der Waals surface area contributed by atoms with Crippen molar-refractivity contribution >= 4 is 28.4 Å². The van der Waals surface area contributed by atoms with Gasteiger partial charge in [-0.05, 0) is 25.0 Å². The zero-order chi connectivity index (χ0) is 13.0. The number of para-hydroxylation sites is 1. The van der Waals surface area contributed by atoms with Gasteiger partial charge in [0.25, 0.3) is 5.91 Å². The minimum Gasteiger partial charge on any atom is -0.346 e. The molecule has 0 aliphatic carbocycles. The Kier molecular flexibility index (Phi) is 2.29. The van der Waals surface area contributed by atoms with Crippen molar-refractivity contribution in [3.8, 4) is 0 Å². The van der Waals surface area contributed by atoms with Crippen molar-refractivity contribution in [1.29, 1.82) is 0 Å². The molecule has 0 saturated carbocycles. The fourth-order valence-corrected chi connectivity index (χ4v) is 3.68. The predicted molar refractivity (Wildman–Crippen MR) is 72.4 cm³/mol. The van der Waals surface area contributed by atoms with Crippen LogP contribution in [0.1, 0.15) is 12.8 Å². The molecule has 0 radical (unpaired) electrons. The van der Waals surface area contributed by atoms with Crippen LogP contribution in [0.2, 0.25) is 0 Å². The van der Waals surface area contributed by atoms with Gasteiger partial charge < -0.3 is 4.74 Å². The Balaban J connectivity index is 1.85. The first-order valence-electron chi connectivity index (χ1n) is 6.50. The van der Waals surface area contributed by atoms with Gasteiger partial charge in [-0.2, -0.15) is 0 Å². The number of carbonyl (C=O) groups is 1. The summed E-state index contributed by atoms with van der Waals surface area (Å²) < 4.78 is 5.70. The van der Waals surface area contributed by atoms with Gasteiger partial charge >= 0.3 is 0 Å². The zero-order valence-electron chi connectivity index (χ0n) is 10.3. The van der Waals surface area contributed by atoms with E-state index >= 15 is 0 Å². The van der Waals surface area contributed by atoms with Gasteiger partial charge in [0.1, 0.15) is 5.17 Å². The fraction of sp³-hybridized carbons (Fsp3) is 0.429. The average molecular weight is 277 g/mol. The number of ether oxygens (including phenoxy) is 1. The van der Waals surface area contributed by atoms with E-state index in [4.69, 9.17) is 16.3 Å². The van der Waals surface area contributed by atoms with E-state index in [1.165, 1.54) is 0 Å². The molecule has 4 aliphatic rings.